The molecule has 0 aliphatic rings. The number of hydrogen-bond donors (Lipinski definition) is 1. The Morgan fingerprint density at radius 3 is 2.38 bits per heavy atom. The summed E-state index contributed by atoms with van der Waals surface area (Å²) in [6.45, 7) is 4.20. The van der Waals surface area contributed by atoms with Gasteiger partial charge in [-0.15, -0.1) is 0 Å². The first kappa shape index (κ1) is 25.3. The third kappa shape index (κ3) is 6.36. The van der Waals surface area contributed by atoms with E-state index >= 15 is 0 Å². The first-order chi connectivity index (χ1) is 16.2. The average molecular weight is 547 g/mol. The molecule has 0 aliphatic heterocycles. The number of carbonyl (C=O) groups is 1. The van der Waals surface area contributed by atoms with Gasteiger partial charge in [0, 0.05) is 5.56 Å². The van der Waals surface area contributed by atoms with Crippen molar-refractivity contribution in [2.75, 3.05) is 13.7 Å². The van der Waals surface area contributed by atoms with Gasteiger partial charge in [0.05, 0.1) is 24.4 Å². The van der Waals surface area contributed by atoms with Crippen LogP contribution in [0.3, 0.4) is 0 Å². The maximum atomic E-state index is 12.5. The van der Waals surface area contributed by atoms with Gasteiger partial charge >= 0.3 is 10.1 Å². The molecule has 0 fully saturated rings. The van der Waals surface area contributed by atoms with Crippen molar-refractivity contribution in [3.8, 4) is 17.2 Å². The maximum Gasteiger partial charge on any atom is 0.339 e. The number of amides is 1. The molecule has 1 N–H and O–H groups in total. The van der Waals surface area contributed by atoms with Crippen LogP contribution in [0.15, 0.2) is 75.1 Å². The molecule has 178 valence electrons. The highest BCUT2D eigenvalue weighted by Gasteiger charge is 2.18. The highest BCUT2D eigenvalue weighted by atomic mass is 79.9. The average Bonchev–Trinajstić information content (AvgIpc) is 2.81. The number of nitrogens with one attached hydrogen (secondary N) is 1. The summed E-state index contributed by atoms with van der Waals surface area (Å²) < 4.78 is 41.4. The Morgan fingerprint density at radius 2 is 1.74 bits per heavy atom. The molecule has 0 radical (unpaired) electrons. The van der Waals surface area contributed by atoms with Crippen LogP contribution in [-0.2, 0) is 10.1 Å². The predicted molar refractivity (Wildman–Crippen MR) is 132 cm³/mol. The third-order valence-electron chi connectivity index (χ3n) is 4.57. The number of carbonyl (C=O) groups excluding carboxylic acids is 1. The fourth-order valence-electron chi connectivity index (χ4n) is 2.85. The van der Waals surface area contributed by atoms with Gasteiger partial charge in [0.1, 0.15) is 4.90 Å². The number of rotatable bonds is 9. The van der Waals surface area contributed by atoms with Crippen molar-refractivity contribution in [1.82, 2.24) is 5.43 Å². The third-order valence-corrected chi connectivity index (χ3v) is 6.44. The zero-order chi connectivity index (χ0) is 24.7. The fraction of sp³-hybridized carbons (Fsp3) is 0.167. The lowest BCUT2D eigenvalue weighted by Crippen LogP contribution is -2.17. The van der Waals surface area contributed by atoms with Crippen LogP contribution in [0.25, 0.3) is 0 Å². The zero-order valence-corrected chi connectivity index (χ0v) is 21.1. The molecule has 0 atom stereocenters. The molecule has 3 aromatic carbocycles. The summed E-state index contributed by atoms with van der Waals surface area (Å²) in [5, 5.41) is 3.96. The summed E-state index contributed by atoms with van der Waals surface area (Å²) in [5.41, 5.74) is 4.34. The number of ether oxygens (including phenoxy) is 2. The number of hydrogen-bond acceptors (Lipinski definition) is 7. The normalized spacial score (nSPS) is 11.3. The summed E-state index contributed by atoms with van der Waals surface area (Å²) in [5.74, 6) is 0.684. The van der Waals surface area contributed by atoms with Crippen LogP contribution in [0.4, 0.5) is 0 Å². The van der Waals surface area contributed by atoms with E-state index in [-0.39, 0.29) is 10.6 Å². The van der Waals surface area contributed by atoms with Gasteiger partial charge in [0.25, 0.3) is 5.91 Å². The molecule has 0 bridgehead atoms. The standard InChI is InChI=1S/C24H23BrN2O6S/c1-4-32-22-12-8-18(14-23(22)31-3)24(28)27-26-15-17-7-11-21(20(25)13-17)33-34(29,30)19-9-5-16(2)6-10-19/h5-15H,4H2,1-3H3,(H,27,28)/b26-15+. The van der Waals surface area contributed by atoms with E-state index in [9.17, 15) is 13.2 Å². The van der Waals surface area contributed by atoms with Gasteiger partial charge in [0.15, 0.2) is 17.2 Å². The molecular weight excluding hydrogens is 524 g/mol. The number of benzene rings is 3. The van der Waals surface area contributed by atoms with Crippen molar-refractivity contribution in [3.05, 3.63) is 81.8 Å². The van der Waals surface area contributed by atoms with Crippen LogP contribution in [0.2, 0.25) is 0 Å². The highest BCUT2D eigenvalue weighted by molar-refractivity contribution is 9.10. The van der Waals surface area contributed by atoms with Gasteiger partial charge in [-0.25, -0.2) is 5.43 Å². The topological polar surface area (TPSA) is 103 Å². The molecule has 0 unspecified atom stereocenters. The van der Waals surface area contributed by atoms with E-state index in [1.54, 1.807) is 42.5 Å². The van der Waals surface area contributed by atoms with Crippen LogP contribution < -0.4 is 19.1 Å². The Hall–Kier alpha value is -3.37. The van der Waals surface area contributed by atoms with Crippen LogP contribution in [0.5, 0.6) is 17.2 Å². The van der Waals surface area contributed by atoms with Gasteiger partial charge in [-0.05, 0) is 83.9 Å². The molecule has 0 aromatic heterocycles. The van der Waals surface area contributed by atoms with Crippen molar-refractivity contribution >= 4 is 38.2 Å². The minimum atomic E-state index is -3.98. The summed E-state index contributed by atoms with van der Waals surface area (Å²) >= 11 is 3.31. The van der Waals surface area contributed by atoms with E-state index in [0.717, 1.165) is 5.56 Å². The van der Waals surface area contributed by atoms with Gasteiger partial charge in [0.2, 0.25) is 0 Å². The Morgan fingerprint density at radius 1 is 1.03 bits per heavy atom. The lowest BCUT2D eigenvalue weighted by atomic mass is 10.2. The van der Waals surface area contributed by atoms with Crippen LogP contribution in [-0.4, -0.2) is 34.3 Å². The molecule has 34 heavy (non-hydrogen) atoms. The van der Waals surface area contributed by atoms with Gasteiger partial charge < -0.3 is 13.7 Å². The highest BCUT2D eigenvalue weighted by Crippen LogP contribution is 2.29. The zero-order valence-electron chi connectivity index (χ0n) is 18.7. The second-order valence-electron chi connectivity index (χ2n) is 7.04. The summed E-state index contributed by atoms with van der Waals surface area (Å²) in [6, 6.07) is 15.9. The Balaban J connectivity index is 1.66. The molecule has 3 rings (SSSR count). The first-order valence-corrected chi connectivity index (χ1v) is 12.4. The minimum Gasteiger partial charge on any atom is -0.493 e. The Labute approximate surface area is 206 Å². The molecule has 0 saturated heterocycles. The van der Waals surface area contributed by atoms with Crippen LogP contribution in [0.1, 0.15) is 28.4 Å². The van der Waals surface area contributed by atoms with E-state index in [4.69, 9.17) is 13.7 Å². The van der Waals surface area contributed by atoms with E-state index in [2.05, 4.69) is 26.5 Å². The van der Waals surface area contributed by atoms with Crippen molar-refractivity contribution < 1.29 is 26.9 Å². The molecule has 0 spiro atoms. The largest absolute Gasteiger partial charge is 0.493 e. The summed E-state index contributed by atoms with van der Waals surface area (Å²) in [6.07, 6.45) is 1.42. The molecule has 1 amide bonds. The van der Waals surface area contributed by atoms with Crippen molar-refractivity contribution in [3.63, 3.8) is 0 Å². The number of nitrogens with zero attached hydrogens (tertiary/aromatic N) is 1. The van der Waals surface area contributed by atoms with E-state index in [1.165, 1.54) is 31.5 Å². The minimum absolute atomic E-state index is 0.0595. The number of halogens is 1. The lowest BCUT2D eigenvalue weighted by Gasteiger charge is -2.10. The van der Waals surface area contributed by atoms with E-state index in [1.807, 2.05) is 13.8 Å². The molecule has 8 nitrogen and oxygen atoms in total. The number of hydrazone groups is 1. The van der Waals surface area contributed by atoms with Crippen molar-refractivity contribution in [2.45, 2.75) is 18.7 Å². The Kier molecular flexibility index (Phi) is 8.30. The molecular formula is C24H23BrN2O6S. The van der Waals surface area contributed by atoms with Gasteiger partial charge in [-0.3, -0.25) is 4.79 Å². The second-order valence-corrected chi connectivity index (χ2v) is 9.44. The van der Waals surface area contributed by atoms with E-state index in [0.29, 0.717) is 33.7 Å². The number of aryl methyl sites for hydroxylation is 1. The lowest BCUT2D eigenvalue weighted by molar-refractivity contribution is 0.0954. The summed E-state index contributed by atoms with van der Waals surface area (Å²) in [4.78, 5) is 12.4. The van der Waals surface area contributed by atoms with E-state index < -0.39 is 16.0 Å². The first-order valence-electron chi connectivity index (χ1n) is 10.2. The summed E-state index contributed by atoms with van der Waals surface area (Å²) in [7, 11) is -2.48. The molecule has 0 aliphatic carbocycles. The molecule has 0 saturated carbocycles. The molecule has 3 aromatic rings. The quantitative estimate of drug-likeness (QED) is 0.237. The van der Waals surface area contributed by atoms with Crippen LogP contribution in [0, 0.1) is 6.92 Å². The van der Waals surface area contributed by atoms with Crippen LogP contribution >= 0.6 is 15.9 Å². The number of methoxy groups -OCH3 is 1. The second kappa shape index (κ2) is 11.2. The molecule has 0 heterocycles. The monoisotopic (exact) mass is 546 g/mol. The van der Waals surface area contributed by atoms with Crippen molar-refractivity contribution in [1.29, 1.82) is 0 Å². The van der Waals surface area contributed by atoms with Gasteiger partial charge in [-0.2, -0.15) is 13.5 Å². The maximum absolute atomic E-state index is 12.5. The Bertz CT molecular complexity index is 1310. The smallest absolute Gasteiger partial charge is 0.339 e. The predicted octanol–water partition coefficient (Wildman–Crippen LogP) is 4.70. The fourth-order valence-corrected chi connectivity index (χ4v) is 4.38. The van der Waals surface area contributed by atoms with Crippen molar-refractivity contribution in [2.24, 2.45) is 5.10 Å². The van der Waals surface area contributed by atoms with Gasteiger partial charge in [-0.1, -0.05) is 17.7 Å². The molecule has 10 heteroatoms. The SMILES string of the molecule is CCOc1ccc(C(=O)N/N=C/c2ccc(OS(=O)(=O)c3ccc(C)cc3)c(Br)c2)cc1OC.